The van der Waals surface area contributed by atoms with Crippen LogP contribution in [0.2, 0.25) is 0 Å². The standard InChI is InChI=1S/C19H25NO/c1-3-20-16(2)13-14-21-19-11-9-18(10-12-19)15-17-7-5-4-6-8-17/h4-12,16,20H,3,13-15H2,1-2H3. The van der Waals surface area contributed by atoms with Crippen LogP contribution in [0, 0.1) is 0 Å². The molecule has 0 heterocycles. The van der Waals surface area contributed by atoms with Gasteiger partial charge < -0.3 is 10.1 Å². The van der Waals surface area contributed by atoms with Crippen LogP contribution in [-0.2, 0) is 6.42 Å². The second-order valence-corrected chi connectivity index (χ2v) is 5.40. The summed E-state index contributed by atoms with van der Waals surface area (Å²) in [6.45, 7) is 6.08. The second-order valence-electron chi connectivity index (χ2n) is 5.40. The summed E-state index contributed by atoms with van der Waals surface area (Å²) >= 11 is 0. The number of ether oxygens (including phenoxy) is 1. The van der Waals surface area contributed by atoms with Crippen molar-refractivity contribution >= 4 is 0 Å². The summed E-state index contributed by atoms with van der Waals surface area (Å²) in [6, 6.07) is 19.5. The van der Waals surface area contributed by atoms with Gasteiger partial charge in [0.2, 0.25) is 0 Å². The first-order valence-corrected chi connectivity index (χ1v) is 7.77. The number of rotatable bonds is 8. The minimum atomic E-state index is 0.507. The molecule has 21 heavy (non-hydrogen) atoms. The normalized spacial score (nSPS) is 12.1. The number of nitrogens with one attached hydrogen (secondary N) is 1. The predicted octanol–water partition coefficient (Wildman–Crippen LogP) is 4.04. The lowest BCUT2D eigenvalue weighted by atomic mass is 10.1. The average Bonchev–Trinajstić information content (AvgIpc) is 2.50. The van der Waals surface area contributed by atoms with E-state index in [1.165, 1.54) is 11.1 Å². The Morgan fingerprint density at radius 2 is 1.62 bits per heavy atom. The molecule has 0 aliphatic heterocycles. The molecule has 0 saturated carbocycles. The van der Waals surface area contributed by atoms with Gasteiger partial charge in [0, 0.05) is 6.04 Å². The average molecular weight is 283 g/mol. The highest BCUT2D eigenvalue weighted by molar-refractivity contribution is 5.31. The molecule has 0 amide bonds. The van der Waals surface area contributed by atoms with E-state index in [2.05, 4.69) is 73.8 Å². The van der Waals surface area contributed by atoms with Gasteiger partial charge in [0.1, 0.15) is 5.75 Å². The van der Waals surface area contributed by atoms with E-state index in [-0.39, 0.29) is 0 Å². The Morgan fingerprint density at radius 3 is 2.29 bits per heavy atom. The van der Waals surface area contributed by atoms with Gasteiger partial charge in [-0.15, -0.1) is 0 Å². The molecular formula is C19H25NO. The molecule has 0 aliphatic rings. The molecule has 0 aromatic heterocycles. The van der Waals surface area contributed by atoms with E-state index in [0.29, 0.717) is 6.04 Å². The Kier molecular flexibility index (Phi) is 6.29. The van der Waals surface area contributed by atoms with Crippen LogP contribution in [0.4, 0.5) is 0 Å². The van der Waals surface area contributed by atoms with E-state index < -0.39 is 0 Å². The monoisotopic (exact) mass is 283 g/mol. The third-order valence-corrected chi connectivity index (χ3v) is 3.55. The quantitative estimate of drug-likeness (QED) is 0.789. The van der Waals surface area contributed by atoms with Crippen LogP contribution >= 0.6 is 0 Å². The highest BCUT2D eigenvalue weighted by atomic mass is 16.5. The maximum atomic E-state index is 5.79. The zero-order valence-corrected chi connectivity index (χ0v) is 13.0. The van der Waals surface area contributed by atoms with Gasteiger partial charge in [-0.1, -0.05) is 49.4 Å². The van der Waals surface area contributed by atoms with Gasteiger partial charge in [-0.2, -0.15) is 0 Å². The predicted molar refractivity (Wildman–Crippen MR) is 88.9 cm³/mol. The molecule has 112 valence electrons. The maximum absolute atomic E-state index is 5.79. The molecule has 0 spiro atoms. The Bertz CT molecular complexity index is 507. The van der Waals surface area contributed by atoms with Crippen LogP contribution in [-0.4, -0.2) is 19.2 Å². The molecule has 0 aliphatic carbocycles. The van der Waals surface area contributed by atoms with Crippen molar-refractivity contribution in [3.05, 3.63) is 65.7 Å². The third kappa shape index (κ3) is 5.60. The summed E-state index contributed by atoms with van der Waals surface area (Å²) in [7, 11) is 0. The molecule has 0 radical (unpaired) electrons. The van der Waals surface area contributed by atoms with Crippen molar-refractivity contribution in [3.63, 3.8) is 0 Å². The largest absolute Gasteiger partial charge is 0.494 e. The number of benzene rings is 2. The van der Waals surface area contributed by atoms with Crippen LogP contribution in [0.1, 0.15) is 31.4 Å². The van der Waals surface area contributed by atoms with Crippen molar-refractivity contribution in [2.24, 2.45) is 0 Å². The third-order valence-electron chi connectivity index (χ3n) is 3.55. The van der Waals surface area contributed by atoms with Crippen molar-refractivity contribution in [3.8, 4) is 5.75 Å². The van der Waals surface area contributed by atoms with Crippen molar-refractivity contribution in [1.82, 2.24) is 5.32 Å². The zero-order valence-electron chi connectivity index (χ0n) is 13.0. The Labute approximate surface area is 128 Å². The van der Waals surface area contributed by atoms with E-state index in [4.69, 9.17) is 4.74 Å². The SMILES string of the molecule is CCNC(C)CCOc1ccc(Cc2ccccc2)cc1. The zero-order chi connectivity index (χ0) is 14.9. The molecule has 0 saturated heterocycles. The molecule has 2 aromatic carbocycles. The van der Waals surface area contributed by atoms with Crippen molar-refractivity contribution < 1.29 is 4.74 Å². The molecule has 1 unspecified atom stereocenters. The second kappa shape index (κ2) is 8.48. The van der Waals surface area contributed by atoms with E-state index in [1.807, 2.05) is 0 Å². The van der Waals surface area contributed by atoms with Gasteiger partial charge in [-0.25, -0.2) is 0 Å². The highest BCUT2D eigenvalue weighted by Crippen LogP contribution is 2.15. The van der Waals surface area contributed by atoms with Gasteiger partial charge in [0.15, 0.2) is 0 Å². The van der Waals surface area contributed by atoms with E-state index in [9.17, 15) is 0 Å². The molecular weight excluding hydrogens is 258 g/mol. The summed E-state index contributed by atoms with van der Waals surface area (Å²) in [5.41, 5.74) is 2.65. The first-order valence-electron chi connectivity index (χ1n) is 7.77. The fourth-order valence-electron chi connectivity index (χ4n) is 2.34. The molecule has 1 N–H and O–H groups in total. The lowest BCUT2D eigenvalue weighted by Crippen LogP contribution is -2.27. The van der Waals surface area contributed by atoms with Crippen LogP contribution in [0.3, 0.4) is 0 Å². The van der Waals surface area contributed by atoms with E-state index in [1.54, 1.807) is 0 Å². The number of hydrogen-bond acceptors (Lipinski definition) is 2. The molecule has 2 heteroatoms. The lowest BCUT2D eigenvalue weighted by Gasteiger charge is -2.13. The minimum absolute atomic E-state index is 0.507. The molecule has 0 bridgehead atoms. The summed E-state index contributed by atoms with van der Waals surface area (Å²) in [5.74, 6) is 0.954. The van der Waals surface area contributed by atoms with Crippen molar-refractivity contribution in [1.29, 1.82) is 0 Å². The van der Waals surface area contributed by atoms with Crippen LogP contribution in [0.25, 0.3) is 0 Å². The summed E-state index contributed by atoms with van der Waals surface area (Å²) < 4.78 is 5.79. The van der Waals surface area contributed by atoms with Crippen LogP contribution < -0.4 is 10.1 Å². The van der Waals surface area contributed by atoms with Gasteiger partial charge in [-0.3, -0.25) is 0 Å². The molecule has 1 atom stereocenters. The number of hydrogen-bond donors (Lipinski definition) is 1. The minimum Gasteiger partial charge on any atom is -0.494 e. The summed E-state index contributed by atoms with van der Waals surface area (Å²) in [6.07, 6.45) is 2.00. The van der Waals surface area contributed by atoms with E-state index in [0.717, 1.165) is 31.7 Å². The Hall–Kier alpha value is -1.80. The molecule has 2 rings (SSSR count). The van der Waals surface area contributed by atoms with Crippen molar-refractivity contribution in [2.45, 2.75) is 32.7 Å². The van der Waals surface area contributed by atoms with Crippen LogP contribution in [0.15, 0.2) is 54.6 Å². The summed E-state index contributed by atoms with van der Waals surface area (Å²) in [5, 5.41) is 3.39. The fourth-order valence-corrected chi connectivity index (χ4v) is 2.34. The van der Waals surface area contributed by atoms with Crippen LogP contribution in [0.5, 0.6) is 5.75 Å². The van der Waals surface area contributed by atoms with Gasteiger partial charge in [0.05, 0.1) is 6.61 Å². The highest BCUT2D eigenvalue weighted by Gasteiger charge is 2.01. The Balaban J connectivity index is 1.79. The van der Waals surface area contributed by atoms with Gasteiger partial charge in [0.25, 0.3) is 0 Å². The Morgan fingerprint density at radius 1 is 0.952 bits per heavy atom. The fraction of sp³-hybridized carbons (Fsp3) is 0.368. The first kappa shape index (κ1) is 15.6. The smallest absolute Gasteiger partial charge is 0.119 e. The first-order chi connectivity index (χ1) is 10.3. The molecule has 2 aromatic rings. The molecule has 2 nitrogen and oxygen atoms in total. The van der Waals surface area contributed by atoms with Gasteiger partial charge >= 0.3 is 0 Å². The maximum Gasteiger partial charge on any atom is 0.119 e. The summed E-state index contributed by atoms with van der Waals surface area (Å²) in [4.78, 5) is 0. The topological polar surface area (TPSA) is 21.3 Å². The lowest BCUT2D eigenvalue weighted by molar-refractivity contribution is 0.291. The molecule has 0 fully saturated rings. The van der Waals surface area contributed by atoms with Crippen molar-refractivity contribution in [2.75, 3.05) is 13.2 Å². The van der Waals surface area contributed by atoms with E-state index >= 15 is 0 Å². The van der Waals surface area contributed by atoms with Gasteiger partial charge in [-0.05, 0) is 49.6 Å².